The molecule has 0 saturated heterocycles. The van der Waals surface area contributed by atoms with E-state index in [1.807, 2.05) is 41.5 Å². The summed E-state index contributed by atoms with van der Waals surface area (Å²) >= 11 is 0. The van der Waals surface area contributed by atoms with Crippen molar-refractivity contribution in [2.45, 2.75) is 73.1 Å². The number of hydrogen-bond acceptors (Lipinski definition) is 5. The molecule has 0 aliphatic heterocycles. The van der Waals surface area contributed by atoms with Crippen LogP contribution >= 0.6 is 0 Å². The van der Waals surface area contributed by atoms with Crippen LogP contribution in [-0.4, -0.2) is 42.9 Å². The van der Waals surface area contributed by atoms with Gasteiger partial charge in [0.25, 0.3) is 0 Å². The van der Waals surface area contributed by atoms with Gasteiger partial charge in [-0.05, 0) is 40.0 Å². The van der Waals surface area contributed by atoms with Crippen molar-refractivity contribution in [1.82, 2.24) is 10.6 Å². The molecule has 0 aromatic carbocycles. The summed E-state index contributed by atoms with van der Waals surface area (Å²) in [6.07, 6.45) is -0.460. The Hall–Kier alpha value is -1.30. The van der Waals surface area contributed by atoms with Crippen LogP contribution in [0.25, 0.3) is 0 Å². The molecule has 0 saturated carbocycles. The fourth-order valence-corrected chi connectivity index (χ4v) is 1.67. The Morgan fingerprint density at radius 3 is 2.05 bits per heavy atom. The van der Waals surface area contributed by atoms with Gasteiger partial charge in [-0.25, -0.2) is 4.79 Å². The monoisotopic (exact) mass is 316 g/mol. The zero-order valence-corrected chi connectivity index (χ0v) is 15.2. The van der Waals surface area contributed by atoms with E-state index in [-0.39, 0.29) is 17.4 Å². The van der Waals surface area contributed by atoms with Crippen molar-refractivity contribution in [2.75, 3.05) is 13.2 Å². The lowest BCUT2D eigenvalue weighted by molar-refractivity contribution is -0.145. The van der Waals surface area contributed by atoms with E-state index in [0.717, 1.165) is 0 Å². The van der Waals surface area contributed by atoms with Crippen molar-refractivity contribution in [1.29, 1.82) is 0 Å². The Morgan fingerprint density at radius 2 is 1.64 bits per heavy atom. The van der Waals surface area contributed by atoms with E-state index >= 15 is 0 Å². The predicted octanol–water partition coefficient (Wildman–Crippen LogP) is 2.47. The van der Waals surface area contributed by atoms with E-state index in [0.29, 0.717) is 13.2 Å². The Labute approximate surface area is 134 Å². The van der Waals surface area contributed by atoms with E-state index in [2.05, 4.69) is 10.6 Å². The Morgan fingerprint density at radius 1 is 1.09 bits per heavy atom. The van der Waals surface area contributed by atoms with Gasteiger partial charge in [0.05, 0.1) is 6.61 Å². The molecule has 0 bridgehead atoms. The summed E-state index contributed by atoms with van der Waals surface area (Å²) in [6, 6.07) is -0.607. The number of carbonyl (C=O) groups is 2. The number of carbonyl (C=O) groups excluding carboxylic acids is 2. The Kier molecular flexibility index (Phi) is 7.87. The lowest BCUT2D eigenvalue weighted by Gasteiger charge is -2.33. The second kappa shape index (κ2) is 8.36. The summed E-state index contributed by atoms with van der Waals surface area (Å²) in [5.41, 5.74) is -0.726. The van der Waals surface area contributed by atoms with Crippen LogP contribution in [-0.2, 0) is 14.3 Å². The van der Waals surface area contributed by atoms with E-state index in [4.69, 9.17) is 9.47 Å². The summed E-state index contributed by atoms with van der Waals surface area (Å²) in [5.74, 6) is -0.299. The maximum absolute atomic E-state index is 11.9. The van der Waals surface area contributed by atoms with Gasteiger partial charge in [0, 0.05) is 12.6 Å². The number of ether oxygens (including phenoxy) is 2. The van der Waals surface area contributed by atoms with Crippen LogP contribution in [0.15, 0.2) is 0 Å². The van der Waals surface area contributed by atoms with Crippen molar-refractivity contribution in [3.05, 3.63) is 0 Å². The van der Waals surface area contributed by atoms with Crippen LogP contribution in [0.4, 0.5) is 4.79 Å². The third-order valence-corrected chi connectivity index (χ3v) is 3.00. The second-order valence-corrected chi connectivity index (χ2v) is 7.45. The first-order valence-electron chi connectivity index (χ1n) is 7.76. The topological polar surface area (TPSA) is 76.7 Å². The quantitative estimate of drug-likeness (QED) is 0.736. The Balaban J connectivity index is 4.61. The van der Waals surface area contributed by atoms with Crippen molar-refractivity contribution in [3.63, 3.8) is 0 Å². The minimum absolute atomic E-state index is 0.181. The predicted molar refractivity (Wildman–Crippen MR) is 86.7 cm³/mol. The molecule has 0 aliphatic carbocycles. The van der Waals surface area contributed by atoms with E-state index in [1.54, 1.807) is 13.8 Å². The average molecular weight is 316 g/mol. The smallest absolute Gasteiger partial charge is 0.407 e. The highest BCUT2D eigenvalue weighted by Crippen LogP contribution is 2.19. The van der Waals surface area contributed by atoms with Gasteiger partial charge in [0.2, 0.25) is 0 Å². The van der Waals surface area contributed by atoms with Gasteiger partial charge in [-0.2, -0.15) is 0 Å². The number of amides is 1. The number of nitrogens with one attached hydrogen (secondary N) is 2. The highest BCUT2D eigenvalue weighted by Gasteiger charge is 2.29. The van der Waals surface area contributed by atoms with Crippen LogP contribution in [0.5, 0.6) is 0 Å². The number of alkyl carbamates (subject to hydrolysis) is 1. The molecule has 1 amide bonds. The number of hydrogen-bond donors (Lipinski definition) is 2. The second-order valence-electron chi connectivity index (χ2n) is 7.45. The average Bonchev–Trinajstić information content (AvgIpc) is 2.30. The van der Waals surface area contributed by atoms with Gasteiger partial charge < -0.3 is 20.1 Å². The molecule has 0 aromatic rings. The SMILES string of the molecule is CCOC(=O)[C@H](C)NC[C@H](NC(=O)OC(C)(C)C)C(C)(C)C. The fourth-order valence-electron chi connectivity index (χ4n) is 1.67. The molecule has 0 aliphatic rings. The first-order valence-corrected chi connectivity index (χ1v) is 7.76. The lowest BCUT2D eigenvalue weighted by atomic mass is 9.86. The highest BCUT2D eigenvalue weighted by molar-refractivity contribution is 5.75. The third kappa shape index (κ3) is 8.87. The third-order valence-electron chi connectivity index (χ3n) is 3.00. The van der Waals surface area contributed by atoms with Crippen molar-refractivity contribution >= 4 is 12.1 Å². The molecule has 0 rings (SSSR count). The fraction of sp³-hybridized carbons (Fsp3) is 0.875. The molecule has 22 heavy (non-hydrogen) atoms. The maximum Gasteiger partial charge on any atom is 0.407 e. The summed E-state index contributed by atoms with van der Waals surface area (Å²) in [5, 5.41) is 5.96. The molecule has 0 spiro atoms. The molecule has 0 aromatic heterocycles. The molecule has 0 heterocycles. The van der Waals surface area contributed by atoms with Gasteiger partial charge in [0.15, 0.2) is 0 Å². The zero-order chi connectivity index (χ0) is 17.6. The molecule has 6 nitrogen and oxygen atoms in total. The van der Waals surface area contributed by atoms with E-state index < -0.39 is 17.7 Å². The molecule has 130 valence electrons. The minimum atomic E-state index is -0.543. The Bertz CT molecular complexity index is 369. The first kappa shape index (κ1) is 20.7. The summed E-state index contributed by atoms with van der Waals surface area (Å²) in [6.45, 7) is 15.8. The van der Waals surface area contributed by atoms with Gasteiger partial charge >= 0.3 is 12.1 Å². The first-order chi connectivity index (χ1) is 9.86. The molecular formula is C16H32N2O4. The van der Waals surface area contributed by atoms with Crippen LogP contribution in [0.2, 0.25) is 0 Å². The highest BCUT2D eigenvalue weighted by atomic mass is 16.6. The van der Waals surface area contributed by atoms with Crippen LogP contribution < -0.4 is 10.6 Å². The molecule has 2 N–H and O–H groups in total. The van der Waals surface area contributed by atoms with Crippen molar-refractivity contribution in [3.8, 4) is 0 Å². The zero-order valence-electron chi connectivity index (χ0n) is 15.2. The normalized spacial score (nSPS) is 14.9. The summed E-state index contributed by atoms with van der Waals surface area (Å²) < 4.78 is 10.2. The van der Waals surface area contributed by atoms with Crippen LogP contribution in [0.3, 0.4) is 0 Å². The molecule has 6 heteroatoms. The minimum Gasteiger partial charge on any atom is -0.465 e. The van der Waals surface area contributed by atoms with Crippen LogP contribution in [0.1, 0.15) is 55.4 Å². The van der Waals surface area contributed by atoms with Gasteiger partial charge in [-0.15, -0.1) is 0 Å². The summed E-state index contributed by atoms with van der Waals surface area (Å²) in [7, 11) is 0. The standard InChI is InChI=1S/C16H32N2O4/c1-9-21-13(19)11(2)17-10-12(15(3,4)5)18-14(20)22-16(6,7)8/h11-12,17H,9-10H2,1-8H3,(H,18,20)/t11-,12-/m0/s1. The van der Waals surface area contributed by atoms with E-state index in [1.165, 1.54) is 0 Å². The van der Waals surface area contributed by atoms with Gasteiger partial charge in [-0.3, -0.25) is 4.79 Å². The maximum atomic E-state index is 11.9. The lowest BCUT2D eigenvalue weighted by Crippen LogP contribution is -2.53. The molecule has 2 atom stereocenters. The van der Waals surface area contributed by atoms with Crippen molar-refractivity contribution in [2.24, 2.45) is 5.41 Å². The summed E-state index contributed by atoms with van der Waals surface area (Å²) in [4.78, 5) is 23.6. The number of esters is 1. The van der Waals surface area contributed by atoms with Gasteiger partial charge in [0.1, 0.15) is 11.6 Å². The molecule has 0 fully saturated rings. The van der Waals surface area contributed by atoms with Gasteiger partial charge in [-0.1, -0.05) is 20.8 Å². The largest absolute Gasteiger partial charge is 0.465 e. The number of rotatable bonds is 6. The molecule has 0 unspecified atom stereocenters. The molecular weight excluding hydrogens is 284 g/mol. The van der Waals surface area contributed by atoms with Crippen LogP contribution in [0, 0.1) is 5.41 Å². The molecule has 0 radical (unpaired) electrons. The van der Waals surface area contributed by atoms with Crippen molar-refractivity contribution < 1.29 is 19.1 Å². The van der Waals surface area contributed by atoms with E-state index in [9.17, 15) is 9.59 Å².